The Morgan fingerprint density at radius 3 is 1.87 bits per heavy atom. The topological polar surface area (TPSA) is 63.2 Å². The first-order valence-corrected chi connectivity index (χ1v) is 27.5. The van der Waals surface area contributed by atoms with E-state index in [-0.39, 0.29) is 10.4 Å². The van der Waals surface area contributed by atoms with Crippen LogP contribution in [0.15, 0.2) is 12.2 Å². The molecule has 0 saturated carbocycles. The fourth-order valence-electron chi connectivity index (χ4n) is 4.21. The molecular weight excluding hydrogens is 557 g/mol. The van der Waals surface area contributed by atoms with Gasteiger partial charge in [0, 0.05) is 17.4 Å². The molecule has 0 aliphatic heterocycles. The van der Waals surface area contributed by atoms with Gasteiger partial charge in [0.25, 0.3) is 0 Å². The second kappa shape index (κ2) is 15.4. The van der Waals surface area contributed by atoms with Crippen molar-refractivity contribution >= 4 is 39.0 Å². The Kier molecular flexibility index (Phi) is 15.4. The molecule has 0 rings (SSSR count). The molecular formula is C29H64O6Si4. The summed E-state index contributed by atoms with van der Waals surface area (Å²) in [6.45, 7) is 38.5. The van der Waals surface area contributed by atoms with Crippen LogP contribution in [0.5, 0.6) is 0 Å². The lowest BCUT2D eigenvalue weighted by molar-refractivity contribution is -0.149. The highest BCUT2D eigenvalue weighted by Crippen LogP contribution is 2.38. The molecule has 1 atom stereocenters. The summed E-state index contributed by atoms with van der Waals surface area (Å²) in [6, 6.07) is 2.28. The van der Waals surface area contributed by atoms with Crippen molar-refractivity contribution in [2.45, 2.75) is 148 Å². The zero-order chi connectivity index (χ0) is 30.9. The van der Waals surface area contributed by atoms with Gasteiger partial charge in [0.1, 0.15) is 6.10 Å². The first kappa shape index (κ1) is 38.9. The second-order valence-corrected chi connectivity index (χ2v) is 33.5. The number of carbonyl (C=O) groups excluding carboxylic acids is 1. The van der Waals surface area contributed by atoms with Gasteiger partial charge in [0.15, 0.2) is 16.6 Å². The molecule has 0 aromatic heterocycles. The highest BCUT2D eigenvalue weighted by atomic mass is 28.4. The minimum atomic E-state index is -2.19. The summed E-state index contributed by atoms with van der Waals surface area (Å²) < 4.78 is 31.6. The van der Waals surface area contributed by atoms with Crippen LogP contribution in [0.25, 0.3) is 0 Å². The maximum Gasteiger partial charge on any atom is 0.333 e. The molecule has 0 N–H and O–H groups in total. The fraction of sp³-hybridized carbons (Fsp3) is 0.897. The number of carbonyl (C=O) groups is 1. The van der Waals surface area contributed by atoms with E-state index >= 15 is 0 Å². The summed E-state index contributed by atoms with van der Waals surface area (Å²) in [5.74, 6) is -0.398. The van der Waals surface area contributed by atoms with Gasteiger partial charge in [-0.25, -0.2) is 4.79 Å². The van der Waals surface area contributed by atoms with Crippen molar-refractivity contribution in [3.63, 3.8) is 0 Å². The average Bonchev–Trinajstić information content (AvgIpc) is 2.73. The standard InChI is InChI=1S/C29H64O6Si4/c1-17-18-22-38(13,14)34-29(6,7)39(15,16)35-28(4,5)37(11,12)21-19-20-31-23-26(24-32-36(8,9)10)33-27(30)25(2)3/h26H,2,17-24H2,1,3-16H3. The van der Waals surface area contributed by atoms with Gasteiger partial charge < -0.3 is 22.8 Å². The molecule has 10 heteroatoms. The Labute approximate surface area is 246 Å². The van der Waals surface area contributed by atoms with E-state index in [4.69, 9.17) is 22.8 Å². The third kappa shape index (κ3) is 14.6. The number of hydrogen-bond acceptors (Lipinski definition) is 6. The Morgan fingerprint density at radius 2 is 1.38 bits per heavy atom. The summed E-state index contributed by atoms with van der Waals surface area (Å²) in [5.41, 5.74) is 0.384. The summed E-state index contributed by atoms with van der Waals surface area (Å²) in [5, 5.41) is -0.446. The Bertz CT molecular complexity index is 772. The molecule has 0 heterocycles. The van der Waals surface area contributed by atoms with Gasteiger partial charge in [-0.1, -0.05) is 45.5 Å². The van der Waals surface area contributed by atoms with Crippen LogP contribution in [0, 0.1) is 0 Å². The van der Waals surface area contributed by atoms with Gasteiger partial charge in [-0.2, -0.15) is 0 Å². The zero-order valence-electron chi connectivity index (χ0n) is 28.4. The molecule has 0 radical (unpaired) electrons. The summed E-state index contributed by atoms with van der Waals surface area (Å²) in [4.78, 5) is 12.1. The van der Waals surface area contributed by atoms with Crippen LogP contribution in [0.4, 0.5) is 0 Å². The SMILES string of the molecule is C=C(C)C(=O)OC(COCCC[Si](C)(C)C(C)(C)O[Si](C)(C)C(C)(C)O[Si](C)(C)CCCC)CO[Si](C)(C)C. The highest BCUT2D eigenvalue weighted by molar-refractivity contribution is 6.82. The first-order valence-electron chi connectivity index (χ1n) is 14.9. The number of esters is 1. The monoisotopic (exact) mass is 620 g/mol. The van der Waals surface area contributed by atoms with E-state index in [9.17, 15) is 4.79 Å². The Morgan fingerprint density at radius 1 is 0.821 bits per heavy atom. The molecule has 0 aromatic carbocycles. The minimum Gasteiger partial charge on any atom is -0.454 e. The van der Waals surface area contributed by atoms with E-state index in [1.807, 2.05) is 0 Å². The third-order valence-corrected chi connectivity index (χ3v) is 21.0. The van der Waals surface area contributed by atoms with E-state index in [2.05, 4.69) is 100 Å². The van der Waals surface area contributed by atoms with Crippen LogP contribution in [0.2, 0.25) is 71.0 Å². The van der Waals surface area contributed by atoms with E-state index in [1.165, 1.54) is 18.9 Å². The van der Waals surface area contributed by atoms with Crippen LogP contribution in [-0.4, -0.2) is 75.4 Å². The lowest BCUT2D eigenvalue weighted by Gasteiger charge is -2.51. The molecule has 232 valence electrons. The lowest BCUT2D eigenvalue weighted by Crippen LogP contribution is -2.65. The predicted molar refractivity (Wildman–Crippen MR) is 177 cm³/mol. The summed E-state index contributed by atoms with van der Waals surface area (Å²) in [6.07, 6.45) is 2.96. The normalized spacial score (nSPS) is 14.8. The van der Waals surface area contributed by atoms with Crippen LogP contribution in [-0.2, 0) is 27.5 Å². The van der Waals surface area contributed by atoms with E-state index in [0.29, 0.717) is 25.4 Å². The maximum absolute atomic E-state index is 12.1. The zero-order valence-corrected chi connectivity index (χ0v) is 32.4. The van der Waals surface area contributed by atoms with Crippen molar-refractivity contribution in [3.8, 4) is 0 Å². The quantitative estimate of drug-likeness (QED) is 0.0590. The average molecular weight is 621 g/mol. The van der Waals surface area contributed by atoms with Crippen LogP contribution in [0.3, 0.4) is 0 Å². The molecule has 0 saturated heterocycles. The Hall–Kier alpha value is -0.0825. The smallest absolute Gasteiger partial charge is 0.333 e. The highest BCUT2D eigenvalue weighted by Gasteiger charge is 2.51. The predicted octanol–water partition coefficient (Wildman–Crippen LogP) is 8.32. The van der Waals surface area contributed by atoms with Crippen LogP contribution in [0.1, 0.15) is 60.8 Å². The first-order chi connectivity index (χ1) is 17.4. The molecule has 0 amide bonds. The lowest BCUT2D eigenvalue weighted by atomic mass is 10.3. The van der Waals surface area contributed by atoms with E-state index in [1.54, 1.807) is 6.92 Å². The molecule has 39 heavy (non-hydrogen) atoms. The van der Waals surface area contributed by atoms with Crippen molar-refractivity contribution in [3.05, 3.63) is 12.2 Å². The van der Waals surface area contributed by atoms with Gasteiger partial charge in [-0.15, -0.1) is 0 Å². The molecule has 0 aliphatic carbocycles. The molecule has 0 fully saturated rings. The molecule has 0 aromatic rings. The number of hydrogen-bond donors (Lipinski definition) is 0. The van der Waals surface area contributed by atoms with Crippen molar-refractivity contribution < 1.29 is 27.5 Å². The van der Waals surface area contributed by atoms with Crippen molar-refractivity contribution in [2.24, 2.45) is 0 Å². The largest absolute Gasteiger partial charge is 0.454 e. The van der Waals surface area contributed by atoms with Crippen LogP contribution >= 0.6 is 0 Å². The van der Waals surface area contributed by atoms with E-state index < -0.39 is 45.1 Å². The van der Waals surface area contributed by atoms with Gasteiger partial charge in [-0.05, 0) is 92.9 Å². The number of unbranched alkanes of at least 4 members (excludes halogenated alkanes) is 1. The van der Waals surface area contributed by atoms with Gasteiger partial charge >= 0.3 is 5.97 Å². The van der Waals surface area contributed by atoms with Gasteiger partial charge in [0.2, 0.25) is 8.32 Å². The molecule has 0 aliphatic rings. The summed E-state index contributed by atoms with van der Waals surface area (Å²) >= 11 is 0. The minimum absolute atomic E-state index is 0.191. The maximum atomic E-state index is 12.1. The van der Waals surface area contributed by atoms with Crippen molar-refractivity contribution in [1.29, 1.82) is 0 Å². The van der Waals surface area contributed by atoms with Crippen molar-refractivity contribution in [1.82, 2.24) is 0 Å². The number of ether oxygens (including phenoxy) is 2. The molecule has 0 bridgehead atoms. The van der Waals surface area contributed by atoms with Gasteiger partial charge in [0.05, 0.1) is 26.5 Å². The van der Waals surface area contributed by atoms with Crippen LogP contribution < -0.4 is 0 Å². The fourth-order valence-corrected chi connectivity index (χ4v) is 14.4. The van der Waals surface area contributed by atoms with Crippen molar-refractivity contribution in [2.75, 3.05) is 19.8 Å². The summed E-state index contributed by atoms with van der Waals surface area (Å²) in [7, 11) is -7.47. The van der Waals surface area contributed by atoms with E-state index in [0.717, 1.165) is 12.5 Å². The Balaban J connectivity index is 5.09. The molecule has 6 nitrogen and oxygen atoms in total. The third-order valence-electron chi connectivity index (χ3n) is 7.97. The van der Waals surface area contributed by atoms with Gasteiger partial charge in [-0.3, -0.25) is 0 Å². The molecule has 1 unspecified atom stereocenters. The number of rotatable bonds is 20. The molecule has 0 spiro atoms. The second-order valence-electron chi connectivity index (χ2n) is 14.9.